The van der Waals surface area contributed by atoms with E-state index in [1.54, 1.807) is 19.9 Å². The molecular formula is C28H36O12. The van der Waals surface area contributed by atoms with E-state index >= 15 is 0 Å². The summed E-state index contributed by atoms with van der Waals surface area (Å²) in [5, 5.41) is 12.4. The van der Waals surface area contributed by atoms with Crippen molar-refractivity contribution in [1.82, 2.24) is 0 Å². The Morgan fingerprint density at radius 1 is 1.00 bits per heavy atom. The molecule has 1 saturated carbocycles. The number of hydrogen-bond donors (Lipinski definition) is 1. The molecule has 10 atom stereocenters. The van der Waals surface area contributed by atoms with Crippen LogP contribution in [0.2, 0.25) is 0 Å². The van der Waals surface area contributed by atoms with E-state index in [2.05, 4.69) is 0 Å². The summed E-state index contributed by atoms with van der Waals surface area (Å²) in [6, 6.07) is 0. The molecule has 40 heavy (non-hydrogen) atoms. The Morgan fingerprint density at radius 3 is 2.20 bits per heavy atom. The van der Waals surface area contributed by atoms with Gasteiger partial charge in [0.05, 0.1) is 23.0 Å². The molecule has 1 unspecified atom stereocenters. The zero-order chi connectivity index (χ0) is 29.8. The van der Waals surface area contributed by atoms with Crippen molar-refractivity contribution in [2.24, 2.45) is 17.3 Å². The summed E-state index contributed by atoms with van der Waals surface area (Å²) < 4.78 is 34.4. The lowest BCUT2D eigenvalue weighted by atomic mass is 9.53. The number of carbonyl (C=O) groups is 5. The molecule has 0 amide bonds. The van der Waals surface area contributed by atoms with Gasteiger partial charge in [-0.1, -0.05) is 13.0 Å². The number of fused-ring (bicyclic) bond motifs is 4. The highest BCUT2D eigenvalue weighted by atomic mass is 16.6. The Kier molecular flexibility index (Phi) is 7.65. The van der Waals surface area contributed by atoms with E-state index in [9.17, 15) is 29.1 Å². The van der Waals surface area contributed by atoms with Gasteiger partial charge < -0.3 is 33.5 Å². The molecule has 0 aromatic rings. The third-order valence-electron chi connectivity index (χ3n) is 8.69. The van der Waals surface area contributed by atoms with Crippen LogP contribution in [0.4, 0.5) is 0 Å². The quantitative estimate of drug-likeness (QED) is 0.290. The Morgan fingerprint density at radius 2 is 1.62 bits per heavy atom. The lowest BCUT2D eigenvalue weighted by Gasteiger charge is -2.54. The molecule has 2 heterocycles. The largest absolute Gasteiger partial charge is 0.462 e. The van der Waals surface area contributed by atoms with Crippen LogP contribution in [0.15, 0.2) is 23.8 Å². The van der Waals surface area contributed by atoms with Crippen LogP contribution in [0, 0.1) is 17.3 Å². The second-order valence-corrected chi connectivity index (χ2v) is 11.4. The molecule has 2 aliphatic carbocycles. The number of epoxide rings is 1. The molecule has 220 valence electrons. The minimum absolute atomic E-state index is 0.241. The summed E-state index contributed by atoms with van der Waals surface area (Å²) in [5.41, 5.74) is -4.20. The van der Waals surface area contributed by atoms with E-state index < -0.39 is 88.8 Å². The summed E-state index contributed by atoms with van der Waals surface area (Å²) in [4.78, 5) is 61.8. The maximum Gasteiger partial charge on any atom is 0.312 e. The number of ether oxygens (including phenoxy) is 6. The zero-order valence-electron chi connectivity index (χ0n) is 23.6. The van der Waals surface area contributed by atoms with Gasteiger partial charge in [0.15, 0.2) is 11.7 Å². The van der Waals surface area contributed by atoms with Crippen molar-refractivity contribution in [3.8, 4) is 0 Å². The molecule has 1 N–H and O–H groups in total. The highest BCUT2D eigenvalue weighted by molar-refractivity contribution is 5.78. The fourth-order valence-electron chi connectivity index (χ4n) is 6.69. The van der Waals surface area contributed by atoms with Gasteiger partial charge in [-0.15, -0.1) is 0 Å². The van der Waals surface area contributed by atoms with Crippen LogP contribution in [0.25, 0.3) is 0 Å². The van der Waals surface area contributed by atoms with E-state index in [1.165, 1.54) is 46.8 Å². The number of rotatable bonds is 5. The highest BCUT2D eigenvalue weighted by Crippen LogP contribution is 2.64. The van der Waals surface area contributed by atoms with Crippen LogP contribution < -0.4 is 0 Å². The summed E-state index contributed by atoms with van der Waals surface area (Å²) in [5.74, 6) is -5.44. The first kappa shape index (κ1) is 29.7. The number of esters is 5. The lowest BCUT2D eigenvalue weighted by Crippen LogP contribution is -2.68. The van der Waals surface area contributed by atoms with E-state index in [0.29, 0.717) is 5.57 Å². The summed E-state index contributed by atoms with van der Waals surface area (Å²) in [6.07, 6.45) is -0.480. The van der Waals surface area contributed by atoms with Crippen LogP contribution in [-0.2, 0) is 52.4 Å². The molecule has 0 bridgehead atoms. The van der Waals surface area contributed by atoms with E-state index in [-0.39, 0.29) is 13.0 Å². The molecule has 4 aliphatic rings. The van der Waals surface area contributed by atoms with Gasteiger partial charge in [0.2, 0.25) is 0 Å². The summed E-state index contributed by atoms with van der Waals surface area (Å²) in [7, 11) is 0. The topological polar surface area (TPSA) is 164 Å². The fourth-order valence-corrected chi connectivity index (χ4v) is 6.69. The molecule has 2 saturated heterocycles. The lowest BCUT2D eigenvalue weighted by molar-refractivity contribution is -0.228. The molecule has 0 aromatic carbocycles. The molecule has 0 radical (unpaired) electrons. The summed E-state index contributed by atoms with van der Waals surface area (Å²) in [6.45, 7) is 9.55. The fraction of sp³-hybridized carbons (Fsp3) is 0.679. The first-order valence-corrected chi connectivity index (χ1v) is 13.2. The standard InChI is InChI=1S/C28H36O12/c1-13-25(33)39-22-10-18(12-35-14(2)29)8-9-19(36-15(3)30)26(6)20(37-16(4)31)11-21-27(7,40-21)23(26)24(28(13,22)34)38-17(5)32/h8-10,13,19-24,34H,11-12H2,1-7H3/b9-8+,18-10+/t13-,19-,20-,21+,22-,23+,24?,26-,27+,28+/m0/s1. The average molecular weight is 565 g/mol. The van der Waals surface area contributed by atoms with Gasteiger partial charge in [0.1, 0.15) is 24.9 Å². The molecule has 3 fully saturated rings. The van der Waals surface area contributed by atoms with Crippen molar-refractivity contribution < 1.29 is 57.5 Å². The van der Waals surface area contributed by atoms with Gasteiger partial charge in [-0.05, 0) is 31.6 Å². The predicted molar refractivity (Wildman–Crippen MR) is 134 cm³/mol. The Balaban J connectivity index is 2.03. The Labute approximate surface area is 231 Å². The average Bonchev–Trinajstić information content (AvgIpc) is 3.44. The first-order chi connectivity index (χ1) is 18.5. The highest BCUT2D eigenvalue weighted by Gasteiger charge is 2.77. The van der Waals surface area contributed by atoms with Gasteiger partial charge in [-0.2, -0.15) is 0 Å². The Hall–Kier alpha value is -3.25. The monoisotopic (exact) mass is 564 g/mol. The Bertz CT molecular complexity index is 1170. The van der Waals surface area contributed by atoms with Crippen molar-refractivity contribution in [2.45, 2.75) is 96.6 Å². The zero-order valence-corrected chi connectivity index (χ0v) is 23.6. The molecule has 12 heteroatoms. The second kappa shape index (κ2) is 10.3. The van der Waals surface area contributed by atoms with Crippen LogP contribution in [0.1, 0.15) is 54.9 Å². The third-order valence-corrected chi connectivity index (χ3v) is 8.69. The molecule has 0 spiro atoms. The SMILES string of the molecule is CC(=O)OCC1=C/[C@@H]2OC(=O)[C@H](C)[C@]2(O)C(OC(C)=O)[C@H]2[C@]3(C)O[C@@H]3C[C@H](OC(C)=O)[C@]2(C)[C@@H](OC(C)=O)\C=C\1. The molecule has 4 rings (SSSR count). The maximum atomic E-state index is 13.0. The first-order valence-electron chi connectivity index (χ1n) is 13.2. The minimum Gasteiger partial charge on any atom is -0.462 e. The smallest absolute Gasteiger partial charge is 0.312 e. The van der Waals surface area contributed by atoms with E-state index in [0.717, 1.165) is 0 Å². The second-order valence-electron chi connectivity index (χ2n) is 11.4. The van der Waals surface area contributed by atoms with Crippen LogP contribution >= 0.6 is 0 Å². The minimum atomic E-state index is -2.14. The third kappa shape index (κ3) is 4.91. The van der Waals surface area contributed by atoms with Crippen molar-refractivity contribution in [3.05, 3.63) is 23.8 Å². The van der Waals surface area contributed by atoms with Crippen molar-refractivity contribution in [1.29, 1.82) is 0 Å². The summed E-state index contributed by atoms with van der Waals surface area (Å²) >= 11 is 0. The maximum absolute atomic E-state index is 13.0. The number of aliphatic hydroxyl groups is 1. The van der Waals surface area contributed by atoms with Crippen LogP contribution in [0.3, 0.4) is 0 Å². The van der Waals surface area contributed by atoms with Gasteiger partial charge >= 0.3 is 29.8 Å². The van der Waals surface area contributed by atoms with Crippen molar-refractivity contribution in [3.63, 3.8) is 0 Å². The predicted octanol–water partition coefficient (Wildman–Crippen LogP) is 1.32. The molecule has 2 aliphatic heterocycles. The van der Waals surface area contributed by atoms with Crippen LogP contribution in [-0.4, -0.2) is 83.3 Å². The van der Waals surface area contributed by atoms with Gasteiger partial charge in [-0.25, -0.2) is 0 Å². The van der Waals surface area contributed by atoms with Gasteiger partial charge in [-0.3, -0.25) is 24.0 Å². The van der Waals surface area contributed by atoms with Crippen molar-refractivity contribution in [2.75, 3.05) is 6.61 Å². The van der Waals surface area contributed by atoms with Gasteiger partial charge in [0.25, 0.3) is 0 Å². The molecular weight excluding hydrogens is 528 g/mol. The van der Waals surface area contributed by atoms with Crippen LogP contribution in [0.5, 0.6) is 0 Å². The number of carbonyl (C=O) groups excluding carboxylic acids is 5. The normalized spacial score (nSPS) is 43.8. The number of hydrogen-bond acceptors (Lipinski definition) is 12. The molecule has 12 nitrogen and oxygen atoms in total. The van der Waals surface area contributed by atoms with Gasteiger partial charge in [0, 0.05) is 40.0 Å². The molecule has 0 aromatic heterocycles. The van der Waals surface area contributed by atoms with Crippen molar-refractivity contribution >= 4 is 29.8 Å². The van der Waals surface area contributed by atoms with E-state index in [1.807, 2.05) is 0 Å². The van der Waals surface area contributed by atoms with E-state index in [4.69, 9.17) is 28.4 Å².